The Morgan fingerprint density at radius 2 is 1.38 bits per heavy atom. The number of phosphoric ester groups is 1. The molecule has 1 aromatic rings. The Labute approximate surface area is 135 Å². The van der Waals surface area contributed by atoms with Gasteiger partial charge in [-0.1, -0.05) is 28.1 Å². The molecule has 21 heavy (non-hydrogen) atoms. The second-order valence-electron chi connectivity index (χ2n) is 6.72. The summed E-state index contributed by atoms with van der Waals surface area (Å²) in [7, 11) is -3.72. The van der Waals surface area contributed by atoms with E-state index in [2.05, 4.69) is 15.9 Å². The van der Waals surface area contributed by atoms with Crippen LogP contribution in [0.5, 0.6) is 5.75 Å². The van der Waals surface area contributed by atoms with Crippen LogP contribution in [-0.4, -0.2) is 11.2 Å². The van der Waals surface area contributed by atoms with Gasteiger partial charge in [0, 0.05) is 5.33 Å². The van der Waals surface area contributed by atoms with Crippen molar-refractivity contribution in [1.29, 1.82) is 0 Å². The highest BCUT2D eigenvalue weighted by molar-refractivity contribution is 9.08. The van der Waals surface area contributed by atoms with Gasteiger partial charge in [-0.3, -0.25) is 9.05 Å². The van der Waals surface area contributed by atoms with Crippen LogP contribution in [0, 0.1) is 0 Å². The monoisotopic (exact) mass is 378 g/mol. The molecular formula is C15H24BrO4P. The Morgan fingerprint density at radius 1 is 0.952 bits per heavy atom. The van der Waals surface area contributed by atoms with Crippen LogP contribution in [0.4, 0.5) is 0 Å². The quantitative estimate of drug-likeness (QED) is 0.486. The predicted octanol–water partition coefficient (Wildman–Crippen LogP) is 5.70. The van der Waals surface area contributed by atoms with Crippen LogP contribution >= 0.6 is 23.8 Å². The molecule has 0 aliphatic carbocycles. The van der Waals surface area contributed by atoms with Crippen LogP contribution in [0.15, 0.2) is 24.3 Å². The molecule has 0 aliphatic rings. The summed E-state index contributed by atoms with van der Waals surface area (Å²) in [5.41, 5.74) is -0.182. The smallest absolute Gasteiger partial charge is 0.404 e. The normalized spacial score (nSPS) is 13.3. The van der Waals surface area contributed by atoms with Gasteiger partial charge in [-0.25, -0.2) is 4.57 Å². The van der Waals surface area contributed by atoms with Crippen molar-refractivity contribution in [3.63, 3.8) is 0 Å². The molecule has 0 aromatic heterocycles. The average molecular weight is 379 g/mol. The highest BCUT2D eigenvalue weighted by Gasteiger charge is 2.38. The Hall–Kier alpha value is -0.350. The van der Waals surface area contributed by atoms with Crippen molar-refractivity contribution in [3.8, 4) is 5.75 Å². The zero-order valence-corrected chi connectivity index (χ0v) is 16.0. The lowest BCUT2D eigenvalue weighted by Gasteiger charge is -2.30. The zero-order valence-electron chi connectivity index (χ0n) is 13.5. The molecule has 120 valence electrons. The van der Waals surface area contributed by atoms with E-state index < -0.39 is 19.0 Å². The molecule has 1 aromatic carbocycles. The standard InChI is InChI=1S/C15H24BrO4P/c1-14(2,3)19-21(17,20-15(4,5)6)18-13-9-7-12(11-16)8-10-13/h7-10H,11H2,1-6H3. The van der Waals surface area contributed by atoms with Crippen LogP contribution in [0.1, 0.15) is 47.1 Å². The SMILES string of the molecule is CC(C)(C)OP(=O)(Oc1ccc(CBr)cc1)OC(C)(C)C. The van der Waals surface area contributed by atoms with Crippen molar-refractivity contribution < 1.29 is 18.1 Å². The third kappa shape index (κ3) is 7.46. The van der Waals surface area contributed by atoms with Crippen LogP contribution in [0.3, 0.4) is 0 Å². The molecular weight excluding hydrogens is 355 g/mol. The summed E-state index contributed by atoms with van der Waals surface area (Å²) in [4.78, 5) is 0. The van der Waals surface area contributed by atoms with E-state index in [0.29, 0.717) is 5.75 Å². The highest BCUT2D eigenvalue weighted by atomic mass is 79.9. The minimum Gasteiger partial charge on any atom is -0.404 e. The largest absolute Gasteiger partial charge is 0.531 e. The van der Waals surface area contributed by atoms with Gasteiger partial charge >= 0.3 is 7.82 Å². The Balaban J connectivity index is 2.98. The van der Waals surface area contributed by atoms with Gasteiger partial charge in [0.05, 0.1) is 11.2 Å². The van der Waals surface area contributed by atoms with Gasteiger partial charge in [0.1, 0.15) is 5.75 Å². The second-order valence-corrected chi connectivity index (χ2v) is 8.73. The van der Waals surface area contributed by atoms with Crippen LogP contribution in [0.2, 0.25) is 0 Å². The Bertz CT molecular complexity index is 480. The second kappa shape index (κ2) is 6.82. The van der Waals surface area contributed by atoms with E-state index >= 15 is 0 Å². The van der Waals surface area contributed by atoms with E-state index in [9.17, 15) is 4.57 Å². The molecule has 6 heteroatoms. The fraction of sp³-hybridized carbons (Fsp3) is 0.600. The maximum absolute atomic E-state index is 12.9. The minimum absolute atomic E-state index is 0.455. The summed E-state index contributed by atoms with van der Waals surface area (Å²) in [5.74, 6) is 0.455. The first-order valence-electron chi connectivity index (χ1n) is 6.78. The topological polar surface area (TPSA) is 44.8 Å². The number of benzene rings is 1. The lowest BCUT2D eigenvalue weighted by Crippen LogP contribution is -2.25. The highest BCUT2D eigenvalue weighted by Crippen LogP contribution is 2.55. The summed E-state index contributed by atoms with van der Waals surface area (Å²) in [6, 6.07) is 7.29. The van der Waals surface area contributed by atoms with Gasteiger partial charge < -0.3 is 4.52 Å². The van der Waals surface area contributed by atoms with Gasteiger partial charge in [0.25, 0.3) is 0 Å². The molecule has 0 aliphatic heterocycles. The average Bonchev–Trinajstić information content (AvgIpc) is 2.24. The molecule has 4 nitrogen and oxygen atoms in total. The Kier molecular flexibility index (Phi) is 6.08. The summed E-state index contributed by atoms with van der Waals surface area (Å²) >= 11 is 3.38. The third-order valence-corrected chi connectivity index (χ3v) is 4.69. The first-order chi connectivity index (χ1) is 9.42. The molecule has 1 rings (SSSR count). The van der Waals surface area contributed by atoms with E-state index in [-0.39, 0.29) is 0 Å². The van der Waals surface area contributed by atoms with Crippen molar-refractivity contribution in [2.24, 2.45) is 0 Å². The van der Waals surface area contributed by atoms with E-state index in [0.717, 1.165) is 10.9 Å². The number of hydrogen-bond acceptors (Lipinski definition) is 4. The molecule has 0 heterocycles. The molecule has 0 bridgehead atoms. The van der Waals surface area contributed by atoms with Crippen molar-refractivity contribution in [1.82, 2.24) is 0 Å². The molecule has 0 saturated carbocycles. The summed E-state index contributed by atoms with van der Waals surface area (Å²) in [6.45, 7) is 10.9. The van der Waals surface area contributed by atoms with Crippen LogP contribution < -0.4 is 4.52 Å². The van der Waals surface area contributed by atoms with Crippen LogP contribution in [-0.2, 0) is 18.9 Å². The van der Waals surface area contributed by atoms with Gasteiger partial charge in [-0.2, -0.15) is 0 Å². The van der Waals surface area contributed by atoms with E-state index in [1.807, 2.05) is 53.7 Å². The maximum Gasteiger partial charge on any atom is 0.531 e. The lowest BCUT2D eigenvalue weighted by atomic mass is 10.2. The lowest BCUT2D eigenvalue weighted by molar-refractivity contribution is 0.0224. The van der Waals surface area contributed by atoms with Gasteiger partial charge in [0.2, 0.25) is 0 Å². The van der Waals surface area contributed by atoms with Gasteiger partial charge in [0.15, 0.2) is 0 Å². The van der Waals surface area contributed by atoms with Crippen LogP contribution in [0.25, 0.3) is 0 Å². The van der Waals surface area contributed by atoms with Gasteiger partial charge in [-0.15, -0.1) is 0 Å². The number of halogens is 1. The fourth-order valence-corrected chi connectivity index (χ4v) is 3.70. The first-order valence-corrected chi connectivity index (χ1v) is 9.37. The molecule has 0 atom stereocenters. The van der Waals surface area contributed by atoms with Crippen molar-refractivity contribution in [2.45, 2.75) is 58.1 Å². The summed E-state index contributed by atoms with van der Waals surface area (Å²) < 4.78 is 29.6. The Morgan fingerprint density at radius 3 is 1.71 bits per heavy atom. The number of phosphoric acid groups is 1. The number of rotatable bonds is 5. The molecule has 0 saturated heterocycles. The third-order valence-electron chi connectivity index (χ3n) is 2.07. The summed E-state index contributed by atoms with van der Waals surface area (Å²) in [6.07, 6.45) is 0. The molecule has 0 spiro atoms. The molecule has 0 unspecified atom stereocenters. The van der Waals surface area contributed by atoms with Crippen molar-refractivity contribution >= 4 is 23.8 Å². The predicted molar refractivity (Wildman–Crippen MR) is 89.0 cm³/mol. The van der Waals surface area contributed by atoms with Crippen molar-refractivity contribution in [2.75, 3.05) is 0 Å². The molecule has 0 radical (unpaired) electrons. The minimum atomic E-state index is -3.72. The maximum atomic E-state index is 12.9. The van der Waals surface area contributed by atoms with Crippen molar-refractivity contribution in [3.05, 3.63) is 29.8 Å². The number of alkyl halides is 1. The first kappa shape index (κ1) is 18.7. The van der Waals surface area contributed by atoms with E-state index in [4.69, 9.17) is 13.6 Å². The zero-order chi connectivity index (χ0) is 16.3. The molecule has 0 amide bonds. The summed E-state index contributed by atoms with van der Waals surface area (Å²) in [5, 5.41) is 0.752. The molecule has 0 fully saturated rings. The number of hydrogen-bond donors (Lipinski definition) is 0. The van der Waals surface area contributed by atoms with E-state index in [1.165, 1.54) is 0 Å². The van der Waals surface area contributed by atoms with E-state index in [1.54, 1.807) is 12.1 Å². The fourth-order valence-electron chi connectivity index (χ4n) is 1.50. The van der Waals surface area contributed by atoms with Gasteiger partial charge in [-0.05, 0) is 59.2 Å². The molecule has 0 N–H and O–H groups in total.